The molecule has 0 bridgehead atoms. The molecule has 0 radical (unpaired) electrons. The van der Waals surface area contributed by atoms with E-state index in [4.69, 9.17) is 0 Å². The van der Waals surface area contributed by atoms with Crippen LogP contribution in [0.5, 0.6) is 0 Å². The highest BCUT2D eigenvalue weighted by Gasteiger charge is 2.57. The van der Waals surface area contributed by atoms with Gasteiger partial charge in [-0.25, -0.2) is 0 Å². The Hall–Kier alpha value is -3.39. The second kappa shape index (κ2) is 57.0. The summed E-state index contributed by atoms with van der Waals surface area (Å²) >= 11 is 0. The van der Waals surface area contributed by atoms with E-state index in [-0.39, 0.29) is 4.64 Å². The molecule has 0 saturated heterocycles. The van der Waals surface area contributed by atoms with Crippen molar-refractivity contribution in [2.45, 2.75) is 489 Å². The van der Waals surface area contributed by atoms with Crippen molar-refractivity contribution in [3.63, 3.8) is 0 Å². The van der Waals surface area contributed by atoms with Crippen LogP contribution in [0.3, 0.4) is 0 Å². The van der Waals surface area contributed by atoms with E-state index in [1.54, 1.807) is 66.8 Å². The van der Waals surface area contributed by atoms with Crippen LogP contribution < -0.4 is 31.8 Å². The summed E-state index contributed by atoms with van der Waals surface area (Å²) in [7, 11) is -3.76. The van der Waals surface area contributed by atoms with Gasteiger partial charge in [0, 0.05) is 0 Å². The average Bonchev–Trinajstić information content (AvgIpc) is 0.693. The molecule has 0 spiro atoms. The summed E-state index contributed by atoms with van der Waals surface area (Å²) in [5.41, 5.74) is 31.8. The SMILES string of the molecule is CCCCc1ccc(P(c2ccc(CCCC)c(CCCC)c2CCCC)C(CC)(P(c2ccc(CCCC)c(CCCC)c2CCCC)c2ccc(CCCC)c(CCCC)c2CCCC)P(c2ccc(CCCC)c(CCCC)c2CCCC)c2ccc(CCCC)c(CCCC)c2CCCC)c(CCCC)c1CCCC. The number of hydrogen-bond acceptors (Lipinski definition) is 0. The van der Waals surface area contributed by atoms with Gasteiger partial charge in [0.25, 0.3) is 0 Å². The minimum absolute atomic E-state index is 0.300. The molecular formula is C111H179P3. The highest BCUT2D eigenvalue weighted by atomic mass is 31.2. The third-order valence-electron chi connectivity index (χ3n) is 26.2. The van der Waals surface area contributed by atoms with Crippen LogP contribution in [0.4, 0.5) is 0 Å². The largest absolute Gasteiger partial charge is 0.0654 e. The summed E-state index contributed by atoms with van der Waals surface area (Å²) in [6.07, 6.45) is 67.0. The zero-order valence-electron chi connectivity index (χ0n) is 78.7. The van der Waals surface area contributed by atoms with Gasteiger partial charge in [0.2, 0.25) is 0 Å². The number of hydrogen-bond donors (Lipinski definition) is 0. The van der Waals surface area contributed by atoms with Crippen molar-refractivity contribution in [1.29, 1.82) is 0 Å². The van der Waals surface area contributed by atoms with Crippen LogP contribution in [0.15, 0.2) is 72.8 Å². The van der Waals surface area contributed by atoms with Gasteiger partial charge in [-0.3, -0.25) is 0 Å². The smallest absolute Gasteiger partial charge is 0.0543 e. The lowest BCUT2D eigenvalue weighted by atomic mass is 9.90. The van der Waals surface area contributed by atoms with Gasteiger partial charge in [-0.2, -0.15) is 0 Å². The minimum Gasteiger partial charge on any atom is -0.0654 e. The average molecular weight is 1610 g/mol. The highest BCUT2D eigenvalue weighted by molar-refractivity contribution is 8.05. The topological polar surface area (TPSA) is 0 Å². The van der Waals surface area contributed by atoms with Crippen LogP contribution in [0.2, 0.25) is 0 Å². The molecule has 0 atom stereocenters. The van der Waals surface area contributed by atoms with Gasteiger partial charge < -0.3 is 0 Å². The molecule has 638 valence electrons. The van der Waals surface area contributed by atoms with E-state index in [1.165, 1.54) is 347 Å². The molecule has 114 heavy (non-hydrogen) atoms. The third-order valence-corrected chi connectivity index (χ3v) is 38.3. The zero-order chi connectivity index (χ0) is 82.5. The second-order valence-corrected chi connectivity index (χ2v) is 43.5. The van der Waals surface area contributed by atoms with Gasteiger partial charge in [-0.05, 0) is 393 Å². The molecule has 0 amide bonds. The maximum Gasteiger partial charge on any atom is 0.0543 e. The summed E-state index contributed by atoms with van der Waals surface area (Å²) in [5, 5.41) is 11.0. The normalized spacial score (nSPS) is 12.1. The first kappa shape index (κ1) is 99.4. The predicted octanol–water partition coefficient (Wildman–Crippen LogP) is 32.6. The number of aryl methyl sites for hydroxylation is 6. The summed E-state index contributed by atoms with van der Waals surface area (Å²) in [5.74, 6) is 0. The lowest BCUT2D eigenvalue weighted by Gasteiger charge is -2.55. The molecule has 0 unspecified atom stereocenters. The van der Waals surface area contributed by atoms with E-state index < -0.39 is 23.8 Å². The Kier molecular flexibility index (Phi) is 49.7. The Bertz CT molecular complexity index is 3030. The first-order chi connectivity index (χ1) is 55.9. The van der Waals surface area contributed by atoms with Crippen LogP contribution >= 0.6 is 23.8 Å². The standard InChI is InChI=1S/C111H179P3/c1-20-39-57-87-75-81-105(99(69-51-32-13)93(87)63-45-26-7)112(106-82-76-88(58-40-21-2)94(64-46-27-8)100(106)70-52-33-14)111(38-19,113(107-83-77-89(59-41-22-3)95(65-47-28-9)101(107)71-53-34-15)108-84-78-90(60-42-23-4)96(66-48-29-10)102(108)72-54-35-16)114(109-85-79-91(61-43-24-5)97(67-49-30-11)103(109)73-55-36-17)110-86-80-92(62-44-25-6)98(68-50-31-12)104(110)74-56-37-18/h75-86H,20-74H2,1-19H3. The lowest BCUT2D eigenvalue weighted by molar-refractivity contribution is 0.735. The van der Waals surface area contributed by atoms with Crippen molar-refractivity contribution >= 4 is 55.6 Å². The van der Waals surface area contributed by atoms with Crippen molar-refractivity contribution in [2.24, 2.45) is 0 Å². The first-order valence-electron chi connectivity index (χ1n) is 50.1. The molecule has 0 aliphatic carbocycles. The van der Waals surface area contributed by atoms with Crippen LogP contribution in [0, 0.1) is 0 Å². The Labute approximate surface area is 713 Å². The highest BCUT2D eigenvalue weighted by Crippen LogP contribution is 2.81. The monoisotopic (exact) mass is 1610 g/mol. The summed E-state index contributed by atoms with van der Waals surface area (Å²) < 4.78 is -0.300. The molecule has 0 saturated carbocycles. The minimum atomic E-state index is -1.25. The Morgan fingerprint density at radius 1 is 0.149 bits per heavy atom. The fraction of sp³-hybridized carbons (Fsp3) is 0.676. The molecule has 3 heteroatoms. The fourth-order valence-electron chi connectivity index (χ4n) is 19.3. The molecule has 0 aliphatic rings. The van der Waals surface area contributed by atoms with E-state index in [0.717, 1.165) is 6.42 Å². The zero-order valence-corrected chi connectivity index (χ0v) is 81.3. The van der Waals surface area contributed by atoms with E-state index in [2.05, 4.69) is 204 Å². The van der Waals surface area contributed by atoms with Crippen LogP contribution in [-0.4, -0.2) is 4.64 Å². The molecule has 6 rings (SSSR count). The van der Waals surface area contributed by atoms with Crippen LogP contribution in [-0.2, 0) is 116 Å². The van der Waals surface area contributed by atoms with Crippen molar-refractivity contribution < 1.29 is 0 Å². The third kappa shape index (κ3) is 27.1. The number of unbranched alkanes of at least 4 members (excludes halogenated alkanes) is 18. The van der Waals surface area contributed by atoms with Gasteiger partial charge in [-0.15, -0.1) is 0 Å². The van der Waals surface area contributed by atoms with Crippen molar-refractivity contribution in [2.75, 3.05) is 0 Å². The van der Waals surface area contributed by atoms with Crippen LogP contribution in [0.25, 0.3) is 0 Å². The first-order valence-corrected chi connectivity index (χ1v) is 54.2. The van der Waals surface area contributed by atoms with E-state index in [9.17, 15) is 0 Å². The van der Waals surface area contributed by atoms with Gasteiger partial charge >= 0.3 is 0 Å². The van der Waals surface area contributed by atoms with Gasteiger partial charge in [0.1, 0.15) is 0 Å². The molecular weight excluding hydrogens is 1430 g/mol. The van der Waals surface area contributed by atoms with Gasteiger partial charge in [-0.1, -0.05) is 320 Å². The number of rotatable bonds is 64. The Morgan fingerprint density at radius 2 is 0.263 bits per heavy atom. The second-order valence-electron chi connectivity index (χ2n) is 35.2. The van der Waals surface area contributed by atoms with Gasteiger partial charge in [0.15, 0.2) is 0 Å². The molecule has 0 fully saturated rings. The fourth-order valence-corrected chi connectivity index (χ4v) is 34.1. The molecule has 6 aromatic rings. The summed E-state index contributed by atoms with van der Waals surface area (Å²) in [6.45, 7) is 47.9. The lowest BCUT2D eigenvalue weighted by Crippen LogP contribution is -2.46. The number of benzene rings is 6. The van der Waals surface area contributed by atoms with E-state index in [1.807, 2.05) is 65.2 Å². The Morgan fingerprint density at radius 3 is 0.377 bits per heavy atom. The van der Waals surface area contributed by atoms with E-state index in [0.29, 0.717) is 0 Å². The van der Waals surface area contributed by atoms with Crippen LogP contribution in [0.1, 0.15) is 469 Å². The molecule has 6 aromatic carbocycles. The quantitative estimate of drug-likeness (QED) is 0.0334. The maximum atomic E-state index is 3.01. The molecule has 0 nitrogen and oxygen atoms in total. The summed E-state index contributed by atoms with van der Waals surface area (Å²) in [4.78, 5) is 0. The van der Waals surface area contributed by atoms with E-state index >= 15 is 0 Å². The Balaban J connectivity index is 2.41. The summed E-state index contributed by atoms with van der Waals surface area (Å²) in [6, 6.07) is 35.3. The molecule has 0 heterocycles. The maximum absolute atomic E-state index is 3.01. The van der Waals surface area contributed by atoms with Crippen molar-refractivity contribution in [3.8, 4) is 0 Å². The molecule has 0 N–H and O–H groups in total. The molecule has 0 aromatic heterocycles. The molecule has 0 aliphatic heterocycles. The van der Waals surface area contributed by atoms with Gasteiger partial charge in [0.05, 0.1) is 4.64 Å². The van der Waals surface area contributed by atoms with Crippen molar-refractivity contribution in [1.82, 2.24) is 0 Å². The van der Waals surface area contributed by atoms with Crippen molar-refractivity contribution in [3.05, 3.63) is 173 Å². The predicted molar refractivity (Wildman–Crippen MR) is 525 cm³/mol.